The lowest BCUT2D eigenvalue weighted by molar-refractivity contribution is -0.111. The van der Waals surface area contributed by atoms with E-state index in [1.807, 2.05) is 54.6 Å². The Balaban J connectivity index is 1.64. The van der Waals surface area contributed by atoms with E-state index in [1.54, 1.807) is 25.3 Å². The zero-order chi connectivity index (χ0) is 24.0. The van der Waals surface area contributed by atoms with Gasteiger partial charge in [0.25, 0.3) is 15.9 Å². The number of anilines is 1. The Morgan fingerprint density at radius 1 is 1.00 bits per heavy atom. The number of ether oxygens (including phenoxy) is 1. The number of carbonyl (C=O) groups excluding carboxylic acids is 1. The molecule has 7 nitrogen and oxygen atoms in total. The van der Waals surface area contributed by atoms with E-state index in [2.05, 4.69) is 15.0 Å². The molecule has 0 fully saturated rings. The van der Waals surface area contributed by atoms with Gasteiger partial charge in [-0.1, -0.05) is 54.6 Å². The molecule has 4 rings (SSSR count). The largest absolute Gasteiger partial charge is 0.496 e. The van der Waals surface area contributed by atoms with Crippen molar-refractivity contribution >= 4 is 39.1 Å². The van der Waals surface area contributed by atoms with E-state index in [4.69, 9.17) is 4.74 Å². The molecule has 0 unspecified atom stereocenters. The van der Waals surface area contributed by atoms with Crippen LogP contribution in [0.4, 0.5) is 5.69 Å². The fourth-order valence-electron chi connectivity index (χ4n) is 3.62. The summed E-state index contributed by atoms with van der Waals surface area (Å²) < 4.78 is 33.5. The van der Waals surface area contributed by atoms with Crippen molar-refractivity contribution in [1.82, 2.24) is 4.72 Å². The molecule has 0 atom stereocenters. The zero-order valence-electron chi connectivity index (χ0n) is 18.7. The van der Waals surface area contributed by atoms with Crippen LogP contribution in [0.25, 0.3) is 11.6 Å². The summed E-state index contributed by atoms with van der Waals surface area (Å²) in [4.78, 5) is 17.6. The topological polar surface area (TPSA) is 96.9 Å². The van der Waals surface area contributed by atoms with Crippen molar-refractivity contribution in [3.8, 4) is 5.75 Å². The molecule has 1 amide bonds. The van der Waals surface area contributed by atoms with Crippen molar-refractivity contribution in [3.63, 3.8) is 0 Å². The third-order valence-electron chi connectivity index (χ3n) is 5.30. The average molecular weight is 476 g/mol. The molecule has 34 heavy (non-hydrogen) atoms. The van der Waals surface area contributed by atoms with Crippen LogP contribution in [-0.2, 0) is 14.8 Å². The summed E-state index contributed by atoms with van der Waals surface area (Å²) in [6.45, 7) is 0.620. The number of amides is 1. The molecule has 0 spiro atoms. The molecule has 8 heteroatoms. The number of nitrogens with one attached hydrogen (secondary N) is 2. The minimum absolute atomic E-state index is 0.0508. The molecule has 3 aromatic rings. The van der Waals surface area contributed by atoms with Crippen molar-refractivity contribution in [2.45, 2.75) is 17.7 Å². The van der Waals surface area contributed by atoms with Gasteiger partial charge >= 0.3 is 0 Å². The van der Waals surface area contributed by atoms with Gasteiger partial charge in [-0.3, -0.25) is 14.5 Å². The van der Waals surface area contributed by atoms with E-state index in [0.717, 1.165) is 17.5 Å². The molecule has 1 aliphatic rings. The summed E-state index contributed by atoms with van der Waals surface area (Å²) in [7, 11) is -2.22. The first-order valence-corrected chi connectivity index (χ1v) is 12.3. The normalized spacial score (nSPS) is 13.8. The summed E-state index contributed by atoms with van der Waals surface area (Å²) in [6.07, 6.45) is 3.18. The summed E-state index contributed by atoms with van der Waals surface area (Å²) in [5.74, 6) is 0.720. The maximum Gasteiger partial charge on any atom is 0.262 e. The quantitative estimate of drug-likeness (QED) is 0.392. The van der Waals surface area contributed by atoms with E-state index >= 15 is 0 Å². The molecule has 0 aromatic heterocycles. The molecule has 1 heterocycles. The Bertz CT molecular complexity index is 1350. The number of rotatable bonds is 7. The van der Waals surface area contributed by atoms with Crippen LogP contribution in [0.5, 0.6) is 5.75 Å². The van der Waals surface area contributed by atoms with Crippen LogP contribution < -0.4 is 14.8 Å². The number of amidine groups is 1. The van der Waals surface area contributed by atoms with Crippen molar-refractivity contribution < 1.29 is 17.9 Å². The first-order chi connectivity index (χ1) is 16.5. The molecular weight excluding hydrogens is 450 g/mol. The Labute approximate surface area is 199 Å². The smallest absolute Gasteiger partial charge is 0.262 e. The highest BCUT2D eigenvalue weighted by Crippen LogP contribution is 2.26. The third-order valence-corrected chi connectivity index (χ3v) is 6.68. The van der Waals surface area contributed by atoms with Gasteiger partial charge in [-0.15, -0.1) is 0 Å². The lowest BCUT2D eigenvalue weighted by atomic mass is 10.0. The van der Waals surface area contributed by atoms with Gasteiger partial charge in [-0.25, -0.2) is 8.42 Å². The van der Waals surface area contributed by atoms with Gasteiger partial charge in [0.2, 0.25) is 0 Å². The maximum absolute atomic E-state index is 13.4. The van der Waals surface area contributed by atoms with Crippen molar-refractivity contribution in [3.05, 3.63) is 90.0 Å². The second-order valence-electron chi connectivity index (χ2n) is 7.69. The average Bonchev–Trinajstić information content (AvgIpc) is 3.35. The number of para-hydroxylation sites is 1. The van der Waals surface area contributed by atoms with Gasteiger partial charge in [-0.05, 0) is 42.3 Å². The van der Waals surface area contributed by atoms with E-state index in [-0.39, 0.29) is 10.8 Å². The number of carbonyl (C=O) groups is 1. The van der Waals surface area contributed by atoms with Crippen LogP contribution in [0.1, 0.15) is 24.0 Å². The van der Waals surface area contributed by atoms with Gasteiger partial charge in [0.15, 0.2) is 0 Å². The van der Waals surface area contributed by atoms with E-state index in [9.17, 15) is 13.2 Å². The molecule has 0 aliphatic carbocycles. The van der Waals surface area contributed by atoms with E-state index in [1.165, 1.54) is 12.1 Å². The Morgan fingerprint density at radius 2 is 1.76 bits per heavy atom. The predicted molar refractivity (Wildman–Crippen MR) is 134 cm³/mol. The van der Waals surface area contributed by atoms with Crippen LogP contribution in [0.15, 0.2) is 88.8 Å². The monoisotopic (exact) mass is 475 g/mol. The van der Waals surface area contributed by atoms with Gasteiger partial charge in [-0.2, -0.15) is 0 Å². The predicted octanol–water partition coefficient (Wildman–Crippen LogP) is 4.35. The Kier molecular flexibility index (Phi) is 7.08. The van der Waals surface area contributed by atoms with Crippen molar-refractivity contribution in [2.75, 3.05) is 19.0 Å². The van der Waals surface area contributed by atoms with Crippen LogP contribution in [0.3, 0.4) is 0 Å². The molecule has 1 aliphatic heterocycles. The first-order valence-electron chi connectivity index (χ1n) is 10.8. The first kappa shape index (κ1) is 23.3. The van der Waals surface area contributed by atoms with Crippen LogP contribution >= 0.6 is 0 Å². The van der Waals surface area contributed by atoms with Gasteiger partial charge < -0.3 is 10.1 Å². The summed E-state index contributed by atoms with van der Waals surface area (Å²) >= 11 is 0. The number of hydrogen-bond donors (Lipinski definition) is 2. The Morgan fingerprint density at radius 3 is 2.50 bits per heavy atom. The van der Waals surface area contributed by atoms with Crippen molar-refractivity contribution in [2.24, 2.45) is 4.99 Å². The third kappa shape index (κ3) is 5.52. The Hall–Kier alpha value is -3.91. The molecule has 0 saturated heterocycles. The fraction of sp³-hybridized carbons (Fsp3) is 0.154. The van der Waals surface area contributed by atoms with E-state index in [0.29, 0.717) is 35.8 Å². The lowest BCUT2D eigenvalue weighted by Crippen LogP contribution is -2.29. The highest BCUT2D eigenvalue weighted by Gasteiger charge is 2.20. The van der Waals surface area contributed by atoms with Gasteiger partial charge in [0.05, 0.1) is 12.0 Å². The maximum atomic E-state index is 13.4. The summed E-state index contributed by atoms with van der Waals surface area (Å²) in [5.41, 5.74) is 2.24. The van der Waals surface area contributed by atoms with Crippen molar-refractivity contribution in [1.29, 1.82) is 0 Å². The number of benzene rings is 3. The molecule has 2 N–H and O–H groups in total. The highest BCUT2D eigenvalue weighted by atomic mass is 32.2. The lowest BCUT2D eigenvalue weighted by Gasteiger charge is -2.13. The standard InChI is InChI=1S/C26H25N3O4S/c1-33-24-14-6-5-11-20(24)17-23(19-9-3-2-4-10-19)26(30)28-21-12-7-13-22(18-21)34(31,32)29-25-15-8-16-27-25/h2-7,9-14,17-18H,8,15-16H2,1H3,(H,27,29)(H,28,30)/b23-17+. The van der Waals surface area contributed by atoms with Gasteiger partial charge in [0.1, 0.15) is 11.6 Å². The number of methoxy groups -OCH3 is 1. The van der Waals surface area contributed by atoms with Crippen LogP contribution in [0.2, 0.25) is 0 Å². The van der Waals surface area contributed by atoms with Crippen LogP contribution in [-0.4, -0.2) is 33.8 Å². The molecule has 0 radical (unpaired) electrons. The molecule has 0 bridgehead atoms. The summed E-state index contributed by atoms with van der Waals surface area (Å²) in [6, 6.07) is 22.8. The number of aliphatic imine (C=N–C) groups is 1. The van der Waals surface area contributed by atoms with Gasteiger partial charge in [0, 0.05) is 29.8 Å². The zero-order valence-corrected chi connectivity index (χ0v) is 19.5. The molecule has 3 aromatic carbocycles. The number of sulfonamides is 1. The van der Waals surface area contributed by atoms with E-state index < -0.39 is 10.0 Å². The molecule has 0 saturated carbocycles. The molecule has 174 valence electrons. The minimum atomic E-state index is -3.80. The number of nitrogens with zero attached hydrogens (tertiary/aromatic N) is 1. The van der Waals surface area contributed by atoms with Crippen LogP contribution in [0, 0.1) is 0 Å². The number of hydrogen-bond acceptors (Lipinski definition) is 5. The highest BCUT2D eigenvalue weighted by molar-refractivity contribution is 7.90. The fourth-order valence-corrected chi connectivity index (χ4v) is 4.75. The molecular formula is C26H25N3O4S. The summed E-state index contributed by atoms with van der Waals surface area (Å²) in [5, 5.41) is 2.83. The minimum Gasteiger partial charge on any atom is -0.496 e. The SMILES string of the molecule is COc1ccccc1/C=C(/C(=O)Nc1cccc(S(=O)(=O)NC2=NCCC2)c1)c1ccccc1. The second-order valence-corrected chi connectivity index (χ2v) is 9.37. The second kappa shape index (κ2) is 10.4.